The van der Waals surface area contributed by atoms with E-state index in [2.05, 4.69) is 9.97 Å². The van der Waals surface area contributed by atoms with E-state index in [0.29, 0.717) is 22.4 Å². The first-order valence-electron chi connectivity index (χ1n) is 7.93. The zero-order valence-corrected chi connectivity index (χ0v) is 14.0. The molecule has 0 bridgehead atoms. The van der Waals surface area contributed by atoms with Gasteiger partial charge in [-0.25, -0.2) is 14.8 Å². The molecule has 1 aromatic carbocycles. The Labute approximate surface area is 140 Å². The molecule has 120 valence electrons. The zero-order chi connectivity index (χ0) is 16.2. The molecule has 1 N–H and O–H groups in total. The van der Waals surface area contributed by atoms with E-state index in [-0.39, 0.29) is 5.56 Å². The first-order valence-corrected chi connectivity index (χ1v) is 8.92. The zero-order valence-electron chi connectivity index (χ0n) is 13.2. The number of hydrogen-bond acceptors (Lipinski definition) is 4. The highest BCUT2D eigenvalue weighted by molar-refractivity contribution is 7.98. The molecule has 5 heteroatoms. The number of carbonyl (C=O) groups is 1. The van der Waals surface area contributed by atoms with Crippen molar-refractivity contribution in [1.29, 1.82) is 0 Å². The van der Waals surface area contributed by atoms with Crippen LogP contribution in [0, 0.1) is 6.92 Å². The molecule has 1 heterocycles. The number of hydrogen-bond donors (Lipinski definition) is 1. The predicted molar refractivity (Wildman–Crippen MR) is 90.9 cm³/mol. The average Bonchev–Trinajstić information content (AvgIpc) is 3.07. The Kier molecular flexibility index (Phi) is 4.96. The number of aromatic carboxylic acids is 1. The number of aryl methyl sites for hydroxylation is 1. The largest absolute Gasteiger partial charge is 0.478 e. The topological polar surface area (TPSA) is 63.1 Å². The quantitative estimate of drug-likeness (QED) is 0.649. The summed E-state index contributed by atoms with van der Waals surface area (Å²) in [6.45, 7) is 1.77. The summed E-state index contributed by atoms with van der Waals surface area (Å²) in [4.78, 5) is 20.7. The van der Waals surface area contributed by atoms with Crippen molar-refractivity contribution in [1.82, 2.24) is 9.97 Å². The molecule has 0 unspecified atom stereocenters. The van der Waals surface area contributed by atoms with E-state index in [0.717, 1.165) is 24.2 Å². The van der Waals surface area contributed by atoms with E-state index in [9.17, 15) is 9.90 Å². The van der Waals surface area contributed by atoms with Gasteiger partial charge in [0.1, 0.15) is 16.4 Å². The van der Waals surface area contributed by atoms with Gasteiger partial charge in [-0.05, 0) is 25.3 Å². The molecule has 1 fully saturated rings. The fourth-order valence-corrected chi connectivity index (χ4v) is 4.04. The minimum absolute atomic E-state index is 0.243. The predicted octanol–water partition coefficient (Wildman–Crippen LogP) is 4.43. The second kappa shape index (κ2) is 7.13. The standard InChI is InChI=1S/C18H20N2O2S/c1-12-15(18(21)22)17(23-11-13-7-3-2-4-8-13)20-16(19-12)14-9-5-6-10-14/h2-4,7-8,14H,5-6,9-11H2,1H3,(H,21,22). The van der Waals surface area contributed by atoms with E-state index >= 15 is 0 Å². The third-order valence-corrected chi connectivity index (χ3v) is 5.27. The Hall–Kier alpha value is -1.88. The fourth-order valence-electron chi connectivity index (χ4n) is 3.01. The highest BCUT2D eigenvalue weighted by Gasteiger charge is 2.24. The number of nitrogens with zero attached hydrogens (tertiary/aromatic N) is 2. The molecule has 1 saturated carbocycles. The molecule has 0 spiro atoms. The molecule has 4 nitrogen and oxygen atoms in total. The summed E-state index contributed by atoms with van der Waals surface area (Å²) >= 11 is 1.48. The summed E-state index contributed by atoms with van der Waals surface area (Å²) in [5, 5.41) is 10.1. The van der Waals surface area contributed by atoms with Gasteiger partial charge in [0.25, 0.3) is 0 Å². The average molecular weight is 328 g/mol. The van der Waals surface area contributed by atoms with Gasteiger partial charge in [0.15, 0.2) is 0 Å². The number of rotatable bonds is 5. The second-order valence-electron chi connectivity index (χ2n) is 5.91. The third-order valence-electron chi connectivity index (χ3n) is 4.23. The van der Waals surface area contributed by atoms with Crippen molar-refractivity contribution in [3.63, 3.8) is 0 Å². The Morgan fingerprint density at radius 2 is 1.91 bits per heavy atom. The van der Waals surface area contributed by atoms with Crippen LogP contribution in [0.25, 0.3) is 0 Å². The highest BCUT2D eigenvalue weighted by atomic mass is 32.2. The van der Waals surface area contributed by atoms with Gasteiger partial charge in [-0.15, -0.1) is 11.8 Å². The van der Waals surface area contributed by atoms with Crippen molar-refractivity contribution in [2.45, 2.75) is 49.3 Å². The lowest BCUT2D eigenvalue weighted by Gasteiger charge is -2.13. The van der Waals surface area contributed by atoms with Crippen LogP contribution in [0.3, 0.4) is 0 Å². The SMILES string of the molecule is Cc1nc(C2CCCC2)nc(SCc2ccccc2)c1C(=O)O. The summed E-state index contributed by atoms with van der Waals surface area (Å²) in [6, 6.07) is 10.0. The summed E-state index contributed by atoms with van der Waals surface area (Å²) in [7, 11) is 0. The van der Waals surface area contributed by atoms with Crippen LogP contribution >= 0.6 is 11.8 Å². The van der Waals surface area contributed by atoms with Crippen LogP contribution in [0.5, 0.6) is 0 Å². The second-order valence-corrected chi connectivity index (χ2v) is 6.87. The molecule has 0 aliphatic heterocycles. The summed E-state index contributed by atoms with van der Waals surface area (Å²) in [5.74, 6) is 0.964. The lowest BCUT2D eigenvalue weighted by molar-refractivity contribution is 0.0690. The number of carboxylic acid groups (broad SMARTS) is 1. The smallest absolute Gasteiger partial charge is 0.340 e. The molecule has 0 saturated heterocycles. The van der Waals surface area contributed by atoms with Crippen molar-refractivity contribution < 1.29 is 9.90 Å². The molecule has 2 aromatic rings. The minimum Gasteiger partial charge on any atom is -0.478 e. The number of carboxylic acids is 1. The Morgan fingerprint density at radius 3 is 2.57 bits per heavy atom. The van der Waals surface area contributed by atoms with Gasteiger partial charge >= 0.3 is 5.97 Å². The molecule has 0 amide bonds. The van der Waals surface area contributed by atoms with Gasteiger partial charge in [-0.1, -0.05) is 43.2 Å². The third kappa shape index (κ3) is 3.72. The maximum absolute atomic E-state index is 11.6. The van der Waals surface area contributed by atoms with E-state index in [1.165, 1.54) is 24.6 Å². The molecule has 0 atom stereocenters. The van der Waals surface area contributed by atoms with Crippen LogP contribution in [0.15, 0.2) is 35.4 Å². The molecule has 1 aromatic heterocycles. The molecular formula is C18H20N2O2S. The maximum Gasteiger partial charge on any atom is 0.340 e. The van der Waals surface area contributed by atoms with Crippen molar-refractivity contribution in [2.24, 2.45) is 0 Å². The molecule has 1 aliphatic carbocycles. The van der Waals surface area contributed by atoms with Gasteiger partial charge in [-0.2, -0.15) is 0 Å². The number of benzene rings is 1. The summed E-state index contributed by atoms with van der Waals surface area (Å²) < 4.78 is 0. The van der Waals surface area contributed by atoms with Gasteiger partial charge < -0.3 is 5.11 Å². The Morgan fingerprint density at radius 1 is 1.22 bits per heavy atom. The highest BCUT2D eigenvalue weighted by Crippen LogP contribution is 2.34. The van der Waals surface area contributed by atoms with E-state index in [1.807, 2.05) is 30.3 Å². The van der Waals surface area contributed by atoms with Crippen LogP contribution in [0.4, 0.5) is 0 Å². The van der Waals surface area contributed by atoms with Gasteiger partial charge in [0.2, 0.25) is 0 Å². The fraction of sp³-hybridized carbons (Fsp3) is 0.389. The lowest BCUT2D eigenvalue weighted by Crippen LogP contribution is -2.11. The van der Waals surface area contributed by atoms with Crippen molar-refractivity contribution >= 4 is 17.7 Å². The normalized spacial score (nSPS) is 15.0. The Bertz CT molecular complexity index is 698. The monoisotopic (exact) mass is 328 g/mol. The van der Waals surface area contributed by atoms with E-state index in [1.54, 1.807) is 6.92 Å². The van der Waals surface area contributed by atoms with Gasteiger partial charge in [-0.3, -0.25) is 0 Å². The van der Waals surface area contributed by atoms with Crippen LogP contribution in [-0.4, -0.2) is 21.0 Å². The van der Waals surface area contributed by atoms with Crippen molar-refractivity contribution in [2.75, 3.05) is 0 Å². The van der Waals surface area contributed by atoms with Crippen molar-refractivity contribution in [3.8, 4) is 0 Å². The molecule has 23 heavy (non-hydrogen) atoms. The first kappa shape index (κ1) is 16.0. The van der Waals surface area contributed by atoms with Crippen LogP contribution in [-0.2, 0) is 5.75 Å². The van der Waals surface area contributed by atoms with Crippen LogP contribution in [0.1, 0.15) is 59.0 Å². The maximum atomic E-state index is 11.6. The molecular weight excluding hydrogens is 308 g/mol. The van der Waals surface area contributed by atoms with Crippen LogP contribution in [0.2, 0.25) is 0 Å². The number of thioether (sulfide) groups is 1. The Balaban J connectivity index is 1.90. The van der Waals surface area contributed by atoms with E-state index < -0.39 is 5.97 Å². The van der Waals surface area contributed by atoms with Crippen LogP contribution < -0.4 is 0 Å². The van der Waals surface area contributed by atoms with Crippen molar-refractivity contribution in [3.05, 3.63) is 53.0 Å². The lowest BCUT2D eigenvalue weighted by atomic mass is 10.1. The minimum atomic E-state index is -0.948. The molecule has 0 radical (unpaired) electrons. The van der Waals surface area contributed by atoms with Gasteiger partial charge in [0.05, 0.1) is 5.69 Å². The summed E-state index contributed by atoms with van der Waals surface area (Å²) in [6.07, 6.45) is 4.63. The molecule has 3 rings (SSSR count). The molecule has 1 aliphatic rings. The first-order chi connectivity index (χ1) is 11.1. The summed E-state index contributed by atoms with van der Waals surface area (Å²) in [5.41, 5.74) is 1.98. The van der Waals surface area contributed by atoms with E-state index in [4.69, 9.17) is 0 Å². The number of aromatic nitrogens is 2. The van der Waals surface area contributed by atoms with Gasteiger partial charge in [0, 0.05) is 11.7 Å².